The molecule has 0 aliphatic heterocycles. The summed E-state index contributed by atoms with van der Waals surface area (Å²) in [4.78, 5) is 13.1. The number of phenolic OH excluding ortho intramolecular Hbond substituents is 1. The zero-order valence-electron chi connectivity index (χ0n) is 16.6. The summed E-state index contributed by atoms with van der Waals surface area (Å²) in [7, 11) is 0. The summed E-state index contributed by atoms with van der Waals surface area (Å²) in [5.41, 5.74) is 3.86. The highest BCUT2D eigenvalue weighted by atomic mass is 35.5. The molecule has 0 spiro atoms. The smallest absolute Gasteiger partial charge is 0.367 e. The molecule has 1 N–H and O–H groups in total. The first-order chi connectivity index (χ1) is 15.5. The second-order valence-corrected chi connectivity index (χ2v) is 8.12. The van der Waals surface area contributed by atoms with E-state index in [4.69, 9.17) is 23.2 Å². The SMILES string of the molecule is O=c1n(Cc2ccccc2O)nc2c(-c3ccc(Cl)cc3)c(-c3ccc(Cl)cc3)cnn12. The van der Waals surface area contributed by atoms with Crippen LogP contribution in [-0.4, -0.2) is 24.5 Å². The maximum Gasteiger partial charge on any atom is 0.367 e. The topological polar surface area (TPSA) is 72.4 Å². The van der Waals surface area contributed by atoms with Gasteiger partial charge in [0.15, 0.2) is 5.65 Å². The number of nitrogens with zero attached hydrogens (tertiary/aromatic N) is 4. The van der Waals surface area contributed by atoms with Gasteiger partial charge in [-0.2, -0.15) is 9.61 Å². The molecule has 6 nitrogen and oxygen atoms in total. The molecule has 5 rings (SSSR count). The zero-order chi connectivity index (χ0) is 22.2. The van der Waals surface area contributed by atoms with Crippen LogP contribution in [0.3, 0.4) is 0 Å². The van der Waals surface area contributed by atoms with Crippen LogP contribution in [0.25, 0.3) is 27.9 Å². The normalized spacial score (nSPS) is 11.2. The molecule has 8 heteroatoms. The van der Waals surface area contributed by atoms with Crippen molar-refractivity contribution in [2.75, 3.05) is 0 Å². The van der Waals surface area contributed by atoms with E-state index in [1.807, 2.05) is 24.3 Å². The molecule has 2 aromatic heterocycles. The molecule has 0 atom stereocenters. The van der Waals surface area contributed by atoms with Crippen molar-refractivity contribution in [3.63, 3.8) is 0 Å². The van der Waals surface area contributed by atoms with Crippen molar-refractivity contribution in [3.05, 3.63) is 105 Å². The van der Waals surface area contributed by atoms with E-state index >= 15 is 0 Å². The van der Waals surface area contributed by atoms with E-state index in [9.17, 15) is 9.90 Å². The van der Waals surface area contributed by atoms with E-state index in [1.54, 1.807) is 54.7 Å². The van der Waals surface area contributed by atoms with E-state index < -0.39 is 5.69 Å². The molecular weight excluding hydrogens is 447 g/mol. The van der Waals surface area contributed by atoms with E-state index in [0.29, 0.717) is 21.3 Å². The van der Waals surface area contributed by atoms with Gasteiger partial charge in [0.1, 0.15) is 5.75 Å². The third-order valence-electron chi connectivity index (χ3n) is 5.21. The molecule has 32 heavy (non-hydrogen) atoms. The first-order valence-electron chi connectivity index (χ1n) is 9.79. The molecule has 0 fully saturated rings. The molecule has 158 valence electrons. The number of hydrogen-bond donors (Lipinski definition) is 1. The fraction of sp³-hybridized carbons (Fsp3) is 0.0417. The van der Waals surface area contributed by atoms with Gasteiger partial charge in [-0.25, -0.2) is 9.48 Å². The third-order valence-corrected chi connectivity index (χ3v) is 5.72. The monoisotopic (exact) mass is 462 g/mol. The Hall–Kier alpha value is -3.61. The van der Waals surface area contributed by atoms with Crippen LogP contribution in [0.5, 0.6) is 5.75 Å². The average Bonchev–Trinajstić information content (AvgIpc) is 3.11. The highest BCUT2D eigenvalue weighted by Gasteiger charge is 2.19. The van der Waals surface area contributed by atoms with E-state index in [1.165, 1.54) is 9.20 Å². The van der Waals surface area contributed by atoms with Crippen LogP contribution in [0.4, 0.5) is 0 Å². The quantitative estimate of drug-likeness (QED) is 0.394. The fourth-order valence-electron chi connectivity index (χ4n) is 3.62. The first-order valence-corrected chi connectivity index (χ1v) is 10.5. The lowest BCUT2D eigenvalue weighted by Crippen LogP contribution is -2.23. The van der Waals surface area contributed by atoms with Crippen molar-refractivity contribution in [2.24, 2.45) is 0 Å². The Labute approximate surface area is 192 Å². The van der Waals surface area contributed by atoms with Gasteiger partial charge in [0.05, 0.1) is 12.7 Å². The Balaban J connectivity index is 1.75. The molecule has 0 saturated heterocycles. The third kappa shape index (κ3) is 3.64. The molecule has 3 aromatic carbocycles. The van der Waals surface area contributed by atoms with Gasteiger partial charge in [-0.1, -0.05) is 65.7 Å². The minimum atomic E-state index is -0.402. The van der Waals surface area contributed by atoms with Crippen LogP contribution in [0, 0.1) is 0 Å². The molecule has 5 aromatic rings. The number of fused-ring (bicyclic) bond motifs is 1. The number of phenols is 1. The number of aromatic nitrogens is 4. The maximum atomic E-state index is 13.1. The highest BCUT2D eigenvalue weighted by molar-refractivity contribution is 6.31. The van der Waals surface area contributed by atoms with Crippen LogP contribution in [0.15, 0.2) is 83.8 Å². The molecule has 0 aliphatic rings. The van der Waals surface area contributed by atoms with Crippen molar-refractivity contribution in [2.45, 2.75) is 6.54 Å². The standard InChI is InChI=1S/C24H16Cl2N4O2/c25-18-9-5-15(6-10-18)20-13-27-30-23(22(20)16-7-11-19(26)12-8-16)28-29(24(30)32)14-17-3-1-2-4-21(17)31/h1-13,31H,14H2. The van der Waals surface area contributed by atoms with Crippen molar-refractivity contribution < 1.29 is 5.11 Å². The van der Waals surface area contributed by atoms with Gasteiger partial charge in [-0.05, 0) is 41.5 Å². The Morgan fingerprint density at radius 3 is 2.12 bits per heavy atom. The van der Waals surface area contributed by atoms with Crippen molar-refractivity contribution in [1.82, 2.24) is 19.4 Å². The molecule has 2 heterocycles. The van der Waals surface area contributed by atoms with Crippen LogP contribution in [-0.2, 0) is 6.54 Å². The summed E-state index contributed by atoms with van der Waals surface area (Å²) >= 11 is 12.2. The van der Waals surface area contributed by atoms with Gasteiger partial charge in [-0.3, -0.25) is 0 Å². The Kier molecular flexibility index (Phi) is 5.17. The summed E-state index contributed by atoms with van der Waals surface area (Å²) in [6, 6.07) is 21.6. The predicted octanol–water partition coefficient (Wildman–Crippen LogP) is 5.29. The summed E-state index contributed by atoms with van der Waals surface area (Å²) in [5, 5.41) is 20.3. The first kappa shape index (κ1) is 20.3. The zero-order valence-corrected chi connectivity index (χ0v) is 18.1. The molecule has 0 aliphatic carbocycles. The number of rotatable bonds is 4. The summed E-state index contributed by atoms with van der Waals surface area (Å²) < 4.78 is 2.56. The van der Waals surface area contributed by atoms with Gasteiger partial charge < -0.3 is 5.11 Å². The number of benzene rings is 3. The van der Waals surface area contributed by atoms with Crippen LogP contribution >= 0.6 is 23.2 Å². The summed E-state index contributed by atoms with van der Waals surface area (Å²) in [6.07, 6.45) is 1.65. The Bertz CT molecular complexity index is 1490. The lowest BCUT2D eigenvalue weighted by molar-refractivity contribution is 0.463. The minimum Gasteiger partial charge on any atom is -0.508 e. The van der Waals surface area contributed by atoms with E-state index in [0.717, 1.165) is 22.3 Å². The van der Waals surface area contributed by atoms with Crippen molar-refractivity contribution in [3.8, 4) is 28.0 Å². The molecule has 0 radical (unpaired) electrons. The van der Waals surface area contributed by atoms with Crippen LogP contribution < -0.4 is 5.69 Å². The van der Waals surface area contributed by atoms with Crippen LogP contribution in [0.1, 0.15) is 5.56 Å². The molecule has 0 unspecified atom stereocenters. The molecular formula is C24H16Cl2N4O2. The van der Waals surface area contributed by atoms with Gasteiger partial charge in [-0.15, -0.1) is 5.10 Å². The second-order valence-electron chi connectivity index (χ2n) is 7.25. The number of hydrogen-bond acceptors (Lipinski definition) is 4. The van der Waals surface area contributed by atoms with E-state index in [2.05, 4.69) is 10.2 Å². The number of halogens is 2. The Morgan fingerprint density at radius 2 is 1.47 bits per heavy atom. The van der Waals surface area contributed by atoms with Gasteiger partial charge >= 0.3 is 5.69 Å². The average molecular weight is 463 g/mol. The van der Waals surface area contributed by atoms with Gasteiger partial charge in [0.25, 0.3) is 0 Å². The fourth-order valence-corrected chi connectivity index (χ4v) is 3.87. The Morgan fingerprint density at radius 1 is 0.844 bits per heavy atom. The lowest BCUT2D eigenvalue weighted by Gasteiger charge is -2.11. The van der Waals surface area contributed by atoms with E-state index in [-0.39, 0.29) is 12.3 Å². The summed E-state index contributed by atoms with van der Waals surface area (Å²) in [5.74, 6) is 0.101. The maximum absolute atomic E-state index is 13.1. The van der Waals surface area contributed by atoms with Crippen LogP contribution in [0.2, 0.25) is 10.0 Å². The van der Waals surface area contributed by atoms with Crippen molar-refractivity contribution in [1.29, 1.82) is 0 Å². The summed E-state index contributed by atoms with van der Waals surface area (Å²) in [6.45, 7) is 0.116. The molecule has 0 saturated carbocycles. The second kappa shape index (κ2) is 8.15. The number of aromatic hydroxyl groups is 1. The predicted molar refractivity (Wildman–Crippen MR) is 125 cm³/mol. The van der Waals surface area contributed by atoms with Gasteiger partial charge in [0.2, 0.25) is 0 Å². The van der Waals surface area contributed by atoms with Gasteiger partial charge in [0, 0.05) is 26.7 Å². The largest absolute Gasteiger partial charge is 0.508 e. The minimum absolute atomic E-state index is 0.101. The molecule has 0 bridgehead atoms. The molecule has 0 amide bonds. The number of para-hydroxylation sites is 1. The lowest BCUT2D eigenvalue weighted by atomic mass is 9.97. The highest BCUT2D eigenvalue weighted by Crippen LogP contribution is 2.35. The van der Waals surface area contributed by atoms with Crippen molar-refractivity contribution >= 4 is 28.8 Å².